The fourth-order valence-corrected chi connectivity index (χ4v) is 2.94. The number of carbonyl (C=O) groups excluding carboxylic acids is 1. The third-order valence-corrected chi connectivity index (χ3v) is 4.40. The molecular weight excluding hydrogens is 284 g/mol. The first-order valence-electron chi connectivity index (χ1n) is 6.71. The Labute approximate surface area is 128 Å². The van der Waals surface area contributed by atoms with Crippen LogP contribution in [-0.4, -0.2) is 20.2 Å². The van der Waals surface area contributed by atoms with E-state index in [-0.39, 0.29) is 5.97 Å². The van der Waals surface area contributed by atoms with Crippen LogP contribution >= 0.6 is 11.3 Å². The van der Waals surface area contributed by atoms with Gasteiger partial charge in [-0.05, 0) is 36.2 Å². The Morgan fingerprint density at radius 1 is 1.14 bits per heavy atom. The first-order valence-corrected chi connectivity index (χ1v) is 7.52. The van der Waals surface area contributed by atoms with Gasteiger partial charge in [-0.15, -0.1) is 11.3 Å². The van der Waals surface area contributed by atoms with E-state index in [2.05, 4.69) is 13.0 Å². The third-order valence-electron chi connectivity index (χ3n) is 3.14. The average Bonchev–Trinajstić information content (AvgIpc) is 3.01. The molecule has 0 aliphatic carbocycles. The van der Waals surface area contributed by atoms with E-state index in [1.807, 2.05) is 30.3 Å². The summed E-state index contributed by atoms with van der Waals surface area (Å²) in [4.78, 5) is 14.0. The van der Waals surface area contributed by atoms with Crippen LogP contribution in [0.3, 0.4) is 0 Å². The largest absolute Gasteiger partial charge is 0.497 e. The van der Waals surface area contributed by atoms with Crippen LogP contribution in [0, 0.1) is 0 Å². The number of thiophene rings is 1. The van der Waals surface area contributed by atoms with Gasteiger partial charge in [-0.3, -0.25) is 0 Å². The van der Waals surface area contributed by atoms with E-state index in [1.165, 1.54) is 18.1 Å². The minimum Gasteiger partial charge on any atom is -0.497 e. The van der Waals surface area contributed by atoms with Crippen LogP contribution in [-0.2, 0) is 16.0 Å². The fraction of sp³-hybridized carbons (Fsp3) is 0.235. The molecule has 0 radical (unpaired) electrons. The van der Waals surface area contributed by atoms with Crippen LogP contribution in [0.4, 0.5) is 0 Å². The summed E-state index contributed by atoms with van der Waals surface area (Å²) in [6.07, 6.45) is 2.52. The Morgan fingerprint density at radius 3 is 2.38 bits per heavy atom. The molecule has 1 aromatic heterocycles. The van der Waals surface area contributed by atoms with Gasteiger partial charge in [-0.1, -0.05) is 19.1 Å². The van der Waals surface area contributed by atoms with Gasteiger partial charge in [0.2, 0.25) is 0 Å². The van der Waals surface area contributed by atoms with Crippen LogP contribution in [0.25, 0.3) is 5.57 Å². The highest BCUT2D eigenvalue weighted by molar-refractivity contribution is 7.13. The molecule has 0 fully saturated rings. The fourth-order valence-electron chi connectivity index (χ4n) is 1.96. The highest BCUT2D eigenvalue weighted by Crippen LogP contribution is 2.31. The summed E-state index contributed by atoms with van der Waals surface area (Å²) < 4.78 is 9.94. The Bertz CT molecular complexity index is 638. The molecule has 0 spiro atoms. The molecule has 0 N–H and O–H groups in total. The summed E-state index contributed by atoms with van der Waals surface area (Å²) in [5, 5.41) is 0. The van der Waals surface area contributed by atoms with Crippen molar-refractivity contribution in [3.63, 3.8) is 0 Å². The molecule has 0 saturated heterocycles. The zero-order valence-corrected chi connectivity index (χ0v) is 13.2. The molecule has 0 aliphatic rings. The number of ether oxygens (including phenoxy) is 2. The maximum Gasteiger partial charge on any atom is 0.331 e. The van der Waals surface area contributed by atoms with E-state index in [1.54, 1.807) is 18.4 Å². The van der Waals surface area contributed by atoms with Gasteiger partial charge in [0.05, 0.1) is 14.2 Å². The van der Waals surface area contributed by atoms with Crippen molar-refractivity contribution in [3.8, 4) is 5.75 Å². The molecule has 4 heteroatoms. The summed E-state index contributed by atoms with van der Waals surface area (Å²) >= 11 is 1.69. The van der Waals surface area contributed by atoms with Gasteiger partial charge >= 0.3 is 5.97 Å². The quantitative estimate of drug-likeness (QED) is 0.620. The number of methoxy groups -OCH3 is 2. The Kier molecular flexibility index (Phi) is 5.17. The average molecular weight is 302 g/mol. The summed E-state index contributed by atoms with van der Waals surface area (Å²) in [5.41, 5.74) is 1.83. The topological polar surface area (TPSA) is 35.5 Å². The highest BCUT2D eigenvalue weighted by Gasteiger charge is 2.11. The maximum atomic E-state index is 11.6. The molecule has 1 heterocycles. The minimum atomic E-state index is -0.354. The minimum absolute atomic E-state index is 0.354. The van der Waals surface area contributed by atoms with Crippen LogP contribution in [0.5, 0.6) is 5.75 Å². The lowest BCUT2D eigenvalue weighted by atomic mass is 10.0. The molecule has 0 aliphatic heterocycles. The lowest BCUT2D eigenvalue weighted by Crippen LogP contribution is -1.97. The molecule has 0 atom stereocenters. The predicted molar refractivity (Wildman–Crippen MR) is 85.8 cm³/mol. The summed E-state index contributed by atoms with van der Waals surface area (Å²) in [7, 11) is 3.02. The van der Waals surface area contributed by atoms with Crippen molar-refractivity contribution < 1.29 is 14.3 Å². The lowest BCUT2D eigenvalue weighted by molar-refractivity contribution is -0.134. The first-order chi connectivity index (χ1) is 10.2. The molecule has 2 rings (SSSR count). The molecular formula is C17H18O3S. The van der Waals surface area contributed by atoms with Gasteiger partial charge in [0.1, 0.15) is 5.75 Å². The molecule has 0 unspecified atom stereocenters. The van der Waals surface area contributed by atoms with Crippen LogP contribution in [0.1, 0.15) is 22.2 Å². The number of hydrogen-bond acceptors (Lipinski definition) is 4. The Morgan fingerprint density at radius 2 is 1.86 bits per heavy atom. The summed E-state index contributed by atoms with van der Waals surface area (Å²) in [5.74, 6) is 0.434. The second-order valence-corrected chi connectivity index (χ2v) is 5.60. The lowest BCUT2D eigenvalue weighted by Gasteiger charge is -2.07. The second kappa shape index (κ2) is 7.09. The molecule has 1 aromatic carbocycles. The molecule has 21 heavy (non-hydrogen) atoms. The number of aryl methyl sites for hydroxylation is 1. The molecule has 0 bridgehead atoms. The number of hydrogen-bond donors (Lipinski definition) is 0. The second-order valence-electron chi connectivity index (χ2n) is 4.43. The van der Waals surface area contributed by atoms with Crippen molar-refractivity contribution in [3.05, 3.63) is 57.8 Å². The van der Waals surface area contributed by atoms with E-state index < -0.39 is 0 Å². The van der Waals surface area contributed by atoms with Crippen molar-refractivity contribution in [1.29, 1.82) is 0 Å². The Hall–Kier alpha value is -2.07. The predicted octanol–water partition coefficient (Wildman–Crippen LogP) is 3.92. The first kappa shape index (κ1) is 15.3. The smallest absolute Gasteiger partial charge is 0.331 e. The summed E-state index contributed by atoms with van der Waals surface area (Å²) in [6.45, 7) is 2.12. The van der Waals surface area contributed by atoms with E-state index in [9.17, 15) is 4.79 Å². The molecule has 2 aromatic rings. The van der Waals surface area contributed by atoms with E-state index in [0.29, 0.717) is 0 Å². The van der Waals surface area contributed by atoms with Crippen molar-refractivity contribution >= 4 is 22.9 Å². The molecule has 110 valence electrons. The van der Waals surface area contributed by atoms with Crippen molar-refractivity contribution in [2.75, 3.05) is 14.2 Å². The van der Waals surface area contributed by atoms with Gasteiger partial charge in [0, 0.05) is 21.4 Å². The summed E-state index contributed by atoms with van der Waals surface area (Å²) in [6, 6.07) is 11.8. The maximum absolute atomic E-state index is 11.6. The number of carbonyl (C=O) groups is 1. The van der Waals surface area contributed by atoms with Crippen molar-refractivity contribution in [2.24, 2.45) is 0 Å². The van der Waals surface area contributed by atoms with Crippen LogP contribution < -0.4 is 4.74 Å². The van der Waals surface area contributed by atoms with E-state index in [4.69, 9.17) is 9.47 Å². The standard InChI is InChI=1S/C17H18O3S/c1-4-14-9-10-16(21-14)15(11-17(18)20-3)12-5-7-13(19-2)8-6-12/h5-11H,4H2,1-3H3/b15-11+. The highest BCUT2D eigenvalue weighted by atomic mass is 32.1. The monoisotopic (exact) mass is 302 g/mol. The van der Waals surface area contributed by atoms with Gasteiger partial charge in [-0.2, -0.15) is 0 Å². The number of benzene rings is 1. The van der Waals surface area contributed by atoms with Gasteiger partial charge in [0.25, 0.3) is 0 Å². The van der Waals surface area contributed by atoms with Gasteiger partial charge < -0.3 is 9.47 Å². The molecule has 0 amide bonds. The van der Waals surface area contributed by atoms with Gasteiger partial charge in [-0.25, -0.2) is 4.79 Å². The zero-order valence-electron chi connectivity index (χ0n) is 12.4. The number of rotatable bonds is 5. The van der Waals surface area contributed by atoms with E-state index in [0.717, 1.165) is 28.2 Å². The van der Waals surface area contributed by atoms with Gasteiger partial charge in [0.15, 0.2) is 0 Å². The zero-order chi connectivity index (χ0) is 15.2. The van der Waals surface area contributed by atoms with E-state index >= 15 is 0 Å². The van der Waals surface area contributed by atoms with Crippen molar-refractivity contribution in [2.45, 2.75) is 13.3 Å². The SMILES string of the molecule is CCc1ccc(/C(=C/C(=O)OC)c2ccc(OC)cc2)s1. The third kappa shape index (κ3) is 3.73. The van der Waals surface area contributed by atoms with Crippen LogP contribution in [0.15, 0.2) is 42.5 Å². The van der Waals surface area contributed by atoms with Crippen LogP contribution in [0.2, 0.25) is 0 Å². The Balaban J connectivity index is 2.44. The van der Waals surface area contributed by atoms with Crippen molar-refractivity contribution in [1.82, 2.24) is 0 Å². The molecule has 0 saturated carbocycles. The number of esters is 1. The molecule has 3 nitrogen and oxygen atoms in total. The normalized spacial score (nSPS) is 11.3.